The lowest BCUT2D eigenvalue weighted by Gasteiger charge is -2.22. The van der Waals surface area contributed by atoms with Gasteiger partial charge in [-0.3, -0.25) is 10.00 Å². The normalized spacial score (nSPS) is 14.2. The van der Waals surface area contributed by atoms with Crippen LogP contribution in [0, 0.1) is 11.3 Å². The van der Waals surface area contributed by atoms with Crippen LogP contribution in [0.4, 0.5) is 0 Å². The van der Waals surface area contributed by atoms with Gasteiger partial charge in [-0.1, -0.05) is 6.92 Å². The van der Waals surface area contributed by atoms with Crippen LogP contribution in [-0.2, 0) is 6.54 Å². The molecule has 1 unspecified atom stereocenters. The zero-order chi connectivity index (χ0) is 12.7. The second-order valence-electron chi connectivity index (χ2n) is 4.35. The number of halogens is 1. The van der Waals surface area contributed by atoms with Gasteiger partial charge in [0.1, 0.15) is 5.54 Å². The van der Waals surface area contributed by atoms with Crippen LogP contribution in [-0.4, -0.2) is 21.9 Å². The molecular formula is C12H19BrN4. The van der Waals surface area contributed by atoms with Gasteiger partial charge in [0.05, 0.1) is 16.7 Å². The minimum Gasteiger partial charge on any atom is -0.300 e. The standard InChI is InChI=1S/C12H19BrN4/c1-3-15-12(2,10-14)6-4-5-7-17-9-11(13)8-16-17/h8-9,15H,3-7H2,1-2H3. The van der Waals surface area contributed by atoms with E-state index in [1.807, 2.05) is 24.7 Å². The van der Waals surface area contributed by atoms with Crippen LogP contribution in [0.1, 0.15) is 33.1 Å². The Morgan fingerprint density at radius 3 is 2.88 bits per heavy atom. The van der Waals surface area contributed by atoms with E-state index in [0.29, 0.717) is 0 Å². The van der Waals surface area contributed by atoms with Crippen molar-refractivity contribution in [1.29, 1.82) is 5.26 Å². The fourth-order valence-corrected chi connectivity index (χ4v) is 2.11. The molecular weight excluding hydrogens is 280 g/mol. The second kappa shape index (κ2) is 6.77. The highest BCUT2D eigenvalue weighted by Crippen LogP contribution is 2.13. The van der Waals surface area contributed by atoms with E-state index >= 15 is 0 Å². The van der Waals surface area contributed by atoms with E-state index in [0.717, 1.165) is 36.8 Å². The lowest BCUT2D eigenvalue weighted by Crippen LogP contribution is -2.40. The fraction of sp³-hybridized carbons (Fsp3) is 0.667. The monoisotopic (exact) mass is 298 g/mol. The summed E-state index contributed by atoms with van der Waals surface area (Å²) in [5, 5.41) is 16.5. The average molecular weight is 299 g/mol. The molecule has 0 bridgehead atoms. The van der Waals surface area contributed by atoms with E-state index in [1.54, 1.807) is 6.20 Å². The Hall–Kier alpha value is -0.860. The number of hydrogen-bond donors (Lipinski definition) is 1. The van der Waals surface area contributed by atoms with Gasteiger partial charge >= 0.3 is 0 Å². The first-order valence-electron chi connectivity index (χ1n) is 5.94. The first-order chi connectivity index (χ1) is 8.09. The zero-order valence-corrected chi connectivity index (χ0v) is 12.0. The van der Waals surface area contributed by atoms with Crippen molar-refractivity contribution in [2.24, 2.45) is 0 Å². The molecule has 0 spiro atoms. The van der Waals surface area contributed by atoms with Crippen LogP contribution >= 0.6 is 15.9 Å². The molecule has 17 heavy (non-hydrogen) atoms. The lowest BCUT2D eigenvalue weighted by atomic mass is 9.96. The highest BCUT2D eigenvalue weighted by molar-refractivity contribution is 9.10. The summed E-state index contributed by atoms with van der Waals surface area (Å²) in [5.41, 5.74) is -0.389. The second-order valence-corrected chi connectivity index (χ2v) is 5.27. The highest BCUT2D eigenvalue weighted by atomic mass is 79.9. The van der Waals surface area contributed by atoms with E-state index in [-0.39, 0.29) is 5.54 Å². The van der Waals surface area contributed by atoms with Gasteiger partial charge in [-0.15, -0.1) is 0 Å². The largest absolute Gasteiger partial charge is 0.300 e. The molecule has 1 atom stereocenters. The highest BCUT2D eigenvalue weighted by Gasteiger charge is 2.21. The molecule has 0 aliphatic heterocycles. The molecule has 1 heterocycles. The van der Waals surface area contributed by atoms with E-state index in [2.05, 4.69) is 32.4 Å². The first kappa shape index (κ1) is 14.2. The quantitative estimate of drug-likeness (QED) is 0.788. The zero-order valence-electron chi connectivity index (χ0n) is 10.4. The summed E-state index contributed by atoms with van der Waals surface area (Å²) in [6.07, 6.45) is 6.69. The third-order valence-corrected chi connectivity index (χ3v) is 3.14. The van der Waals surface area contributed by atoms with Gasteiger partial charge in [-0.2, -0.15) is 10.4 Å². The van der Waals surface area contributed by atoms with Crippen molar-refractivity contribution in [2.75, 3.05) is 6.54 Å². The van der Waals surface area contributed by atoms with Crippen molar-refractivity contribution < 1.29 is 0 Å². The summed E-state index contributed by atoms with van der Waals surface area (Å²) in [4.78, 5) is 0. The van der Waals surface area contributed by atoms with Crippen LogP contribution < -0.4 is 5.32 Å². The Labute approximate surface area is 111 Å². The number of nitrogens with one attached hydrogen (secondary N) is 1. The molecule has 0 aliphatic rings. The molecule has 4 nitrogen and oxygen atoms in total. The molecule has 1 rings (SSSR count). The Bertz CT molecular complexity index is 382. The first-order valence-corrected chi connectivity index (χ1v) is 6.73. The minimum atomic E-state index is -0.389. The number of rotatable bonds is 7. The molecule has 1 aromatic rings. The number of aromatic nitrogens is 2. The molecule has 0 fully saturated rings. The molecule has 0 saturated heterocycles. The summed E-state index contributed by atoms with van der Waals surface area (Å²) in [7, 11) is 0. The molecule has 5 heteroatoms. The average Bonchev–Trinajstić information content (AvgIpc) is 2.71. The van der Waals surface area contributed by atoms with Crippen LogP contribution in [0.3, 0.4) is 0 Å². The smallest absolute Gasteiger partial charge is 0.103 e. The molecule has 94 valence electrons. The fourth-order valence-electron chi connectivity index (χ4n) is 1.79. The number of hydrogen-bond acceptors (Lipinski definition) is 3. The van der Waals surface area contributed by atoms with Gasteiger partial charge in [0.2, 0.25) is 0 Å². The molecule has 0 radical (unpaired) electrons. The maximum absolute atomic E-state index is 9.10. The van der Waals surface area contributed by atoms with E-state index < -0.39 is 0 Å². The van der Waals surface area contributed by atoms with Gasteiger partial charge in [-0.05, 0) is 48.7 Å². The summed E-state index contributed by atoms with van der Waals surface area (Å²) in [5.74, 6) is 0. The maximum atomic E-state index is 9.10. The molecule has 0 saturated carbocycles. The number of unbranched alkanes of at least 4 members (excludes halogenated alkanes) is 1. The lowest BCUT2D eigenvalue weighted by molar-refractivity contribution is 0.401. The molecule has 0 amide bonds. The Balaban J connectivity index is 2.26. The maximum Gasteiger partial charge on any atom is 0.103 e. The summed E-state index contributed by atoms with van der Waals surface area (Å²) < 4.78 is 2.92. The van der Waals surface area contributed by atoms with E-state index in [9.17, 15) is 0 Å². The van der Waals surface area contributed by atoms with Gasteiger partial charge in [0.25, 0.3) is 0 Å². The van der Waals surface area contributed by atoms with Crippen molar-refractivity contribution in [3.63, 3.8) is 0 Å². The predicted octanol–water partition coefficient (Wildman–Crippen LogP) is 2.71. The van der Waals surface area contributed by atoms with Crippen LogP contribution in [0.25, 0.3) is 0 Å². The third-order valence-electron chi connectivity index (χ3n) is 2.73. The Morgan fingerprint density at radius 2 is 2.35 bits per heavy atom. The van der Waals surface area contributed by atoms with Gasteiger partial charge in [0, 0.05) is 12.7 Å². The van der Waals surface area contributed by atoms with E-state index in [1.165, 1.54) is 0 Å². The van der Waals surface area contributed by atoms with Crippen molar-refractivity contribution >= 4 is 15.9 Å². The molecule has 1 N–H and O–H groups in total. The summed E-state index contributed by atoms with van der Waals surface area (Å²) in [6.45, 7) is 5.72. The predicted molar refractivity (Wildman–Crippen MR) is 71.5 cm³/mol. The van der Waals surface area contributed by atoms with Crippen molar-refractivity contribution in [1.82, 2.24) is 15.1 Å². The number of nitriles is 1. The third kappa shape index (κ3) is 4.88. The topological polar surface area (TPSA) is 53.6 Å². The van der Waals surface area contributed by atoms with Crippen LogP contribution in [0.5, 0.6) is 0 Å². The Kier molecular flexibility index (Phi) is 5.66. The minimum absolute atomic E-state index is 0.389. The van der Waals surface area contributed by atoms with Crippen molar-refractivity contribution in [3.05, 3.63) is 16.9 Å². The van der Waals surface area contributed by atoms with Crippen LogP contribution in [0.2, 0.25) is 0 Å². The number of aryl methyl sites for hydroxylation is 1. The molecule has 1 aromatic heterocycles. The Morgan fingerprint density at radius 1 is 1.59 bits per heavy atom. The van der Waals surface area contributed by atoms with Gasteiger partial charge < -0.3 is 0 Å². The molecule has 0 aliphatic carbocycles. The summed E-state index contributed by atoms with van der Waals surface area (Å²) >= 11 is 3.37. The van der Waals surface area contributed by atoms with Crippen molar-refractivity contribution in [3.8, 4) is 6.07 Å². The van der Waals surface area contributed by atoms with Gasteiger partial charge in [-0.25, -0.2) is 0 Å². The van der Waals surface area contributed by atoms with Gasteiger partial charge in [0.15, 0.2) is 0 Å². The van der Waals surface area contributed by atoms with E-state index in [4.69, 9.17) is 5.26 Å². The SMILES string of the molecule is CCNC(C)(C#N)CCCCn1cc(Br)cn1. The summed E-state index contributed by atoms with van der Waals surface area (Å²) in [6, 6.07) is 2.34. The number of nitrogens with zero attached hydrogens (tertiary/aromatic N) is 3. The molecule has 0 aromatic carbocycles. The van der Waals surface area contributed by atoms with Crippen molar-refractivity contribution in [2.45, 2.75) is 45.2 Å². The van der Waals surface area contributed by atoms with Crippen LogP contribution in [0.15, 0.2) is 16.9 Å².